The zero-order chi connectivity index (χ0) is 12.6. The van der Waals surface area contributed by atoms with Crippen molar-refractivity contribution in [3.8, 4) is 5.82 Å². The zero-order valence-corrected chi connectivity index (χ0v) is 10.5. The minimum atomic E-state index is -0.00157. The lowest BCUT2D eigenvalue weighted by Gasteiger charge is -2.07. The Morgan fingerprint density at radius 1 is 1.29 bits per heavy atom. The lowest BCUT2D eigenvalue weighted by Crippen LogP contribution is -2.08. The molecule has 0 unspecified atom stereocenters. The van der Waals surface area contributed by atoms with E-state index in [-0.39, 0.29) is 5.78 Å². The van der Waals surface area contributed by atoms with Crippen LogP contribution in [0.4, 0.5) is 0 Å². The molecule has 2 heterocycles. The van der Waals surface area contributed by atoms with Crippen LogP contribution in [0.25, 0.3) is 5.82 Å². The highest BCUT2D eigenvalue weighted by Crippen LogP contribution is 2.18. The number of nitrogens with zero attached hydrogens (tertiary/aromatic N) is 3. The van der Waals surface area contributed by atoms with Gasteiger partial charge in [-0.15, -0.1) is 0 Å². The van der Waals surface area contributed by atoms with E-state index in [1.165, 1.54) is 0 Å². The Hall–Kier alpha value is -1.97. The number of hydrogen-bond donors (Lipinski definition) is 0. The van der Waals surface area contributed by atoms with Crippen LogP contribution in [0.3, 0.4) is 0 Å². The molecule has 0 amide bonds. The summed E-state index contributed by atoms with van der Waals surface area (Å²) in [5.41, 5.74) is 3.70. The number of aromatic nitrogens is 3. The number of hydrogen-bond acceptors (Lipinski definition) is 3. The second-order valence-corrected chi connectivity index (χ2v) is 4.14. The molecular weight excluding hydrogens is 214 g/mol. The van der Waals surface area contributed by atoms with Gasteiger partial charge in [0.05, 0.1) is 11.3 Å². The maximum absolute atomic E-state index is 11.6. The first-order valence-corrected chi connectivity index (χ1v) is 5.51. The monoisotopic (exact) mass is 229 g/mol. The van der Waals surface area contributed by atoms with Crippen LogP contribution >= 0.6 is 0 Å². The average molecular weight is 229 g/mol. The molecule has 4 nitrogen and oxygen atoms in total. The van der Waals surface area contributed by atoms with Crippen molar-refractivity contribution in [2.24, 2.45) is 0 Å². The second kappa shape index (κ2) is 4.13. The number of ketones is 1. The molecule has 17 heavy (non-hydrogen) atoms. The fourth-order valence-corrected chi connectivity index (χ4v) is 1.77. The Bertz CT molecular complexity index is 584. The molecule has 0 aliphatic rings. The van der Waals surface area contributed by atoms with Crippen molar-refractivity contribution in [3.05, 3.63) is 40.8 Å². The average Bonchev–Trinajstić information content (AvgIpc) is 2.57. The Morgan fingerprint density at radius 3 is 2.53 bits per heavy atom. The Balaban J connectivity index is 2.68. The number of aryl methyl sites for hydroxylation is 1. The number of Topliss-reactive ketones (excluding diaryl/α,β-unsaturated/α-hetero) is 1. The van der Waals surface area contributed by atoms with Crippen molar-refractivity contribution in [3.63, 3.8) is 0 Å². The van der Waals surface area contributed by atoms with Crippen molar-refractivity contribution in [2.75, 3.05) is 0 Å². The van der Waals surface area contributed by atoms with E-state index in [4.69, 9.17) is 0 Å². The molecule has 2 aromatic rings. The first kappa shape index (κ1) is 11.5. The summed E-state index contributed by atoms with van der Waals surface area (Å²) in [6.45, 7) is 7.49. The predicted molar refractivity (Wildman–Crippen MR) is 65.6 cm³/mol. The molecule has 0 saturated carbocycles. The minimum Gasteiger partial charge on any atom is -0.294 e. The molecule has 0 saturated heterocycles. The second-order valence-electron chi connectivity index (χ2n) is 4.14. The lowest BCUT2D eigenvalue weighted by molar-refractivity contribution is 0.101. The van der Waals surface area contributed by atoms with E-state index in [0.717, 1.165) is 17.0 Å². The first-order valence-electron chi connectivity index (χ1n) is 5.51. The summed E-state index contributed by atoms with van der Waals surface area (Å²) in [4.78, 5) is 15.8. The third kappa shape index (κ3) is 1.86. The molecule has 0 fully saturated rings. The number of pyridine rings is 1. The summed E-state index contributed by atoms with van der Waals surface area (Å²) in [6, 6.07) is 3.54. The van der Waals surface area contributed by atoms with Gasteiger partial charge in [-0.05, 0) is 45.4 Å². The van der Waals surface area contributed by atoms with Crippen LogP contribution in [-0.4, -0.2) is 20.5 Å². The molecular formula is C13H15N3O. The summed E-state index contributed by atoms with van der Waals surface area (Å²) in [5.74, 6) is 0.604. The summed E-state index contributed by atoms with van der Waals surface area (Å²) in [6.07, 6.45) is 1.67. The van der Waals surface area contributed by atoms with Gasteiger partial charge >= 0.3 is 0 Å². The summed E-state index contributed by atoms with van der Waals surface area (Å²) in [5, 5.41) is 4.42. The van der Waals surface area contributed by atoms with Crippen LogP contribution < -0.4 is 0 Å². The largest absolute Gasteiger partial charge is 0.294 e. The van der Waals surface area contributed by atoms with Crippen molar-refractivity contribution >= 4 is 5.78 Å². The van der Waals surface area contributed by atoms with Crippen LogP contribution in [0, 0.1) is 20.8 Å². The van der Waals surface area contributed by atoms with E-state index in [1.807, 2.05) is 20.8 Å². The predicted octanol–water partition coefficient (Wildman–Crippen LogP) is 2.40. The quantitative estimate of drug-likeness (QED) is 0.743. The Labute approximate surface area is 100 Å². The van der Waals surface area contributed by atoms with Gasteiger partial charge in [-0.2, -0.15) is 5.10 Å². The highest BCUT2D eigenvalue weighted by Gasteiger charge is 2.15. The van der Waals surface area contributed by atoms with Gasteiger partial charge in [0.25, 0.3) is 0 Å². The molecule has 0 aliphatic carbocycles. The smallest absolute Gasteiger partial charge is 0.164 e. The van der Waals surface area contributed by atoms with Gasteiger partial charge in [0.15, 0.2) is 11.6 Å². The first-order chi connectivity index (χ1) is 8.02. The van der Waals surface area contributed by atoms with Crippen LogP contribution in [0.1, 0.15) is 34.2 Å². The Morgan fingerprint density at radius 2 is 2.00 bits per heavy atom. The molecule has 88 valence electrons. The minimum absolute atomic E-state index is 0.00157. The molecule has 0 spiro atoms. The van der Waals surface area contributed by atoms with Crippen LogP contribution in [0.2, 0.25) is 0 Å². The van der Waals surface area contributed by atoms with Crippen LogP contribution in [0.5, 0.6) is 0 Å². The standard InChI is InChI=1S/C13H15N3O/c1-8-9(2)15-16(10(8)3)13-12(11(4)17)6-5-7-14-13/h5-7H,1-4H3. The highest BCUT2D eigenvalue weighted by molar-refractivity contribution is 5.96. The molecule has 0 radical (unpaired) electrons. The molecule has 2 rings (SSSR count). The van der Waals surface area contributed by atoms with Crippen LogP contribution in [-0.2, 0) is 0 Å². The molecule has 2 aromatic heterocycles. The van der Waals surface area contributed by atoms with E-state index in [1.54, 1.807) is 29.9 Å². The van der Waals surface area contributed by atoms with Gasteiger partial charge in [0.2, 0.25) is 0 Å². The Kier molecular flexibility index (Phi) is 2.79. The van der Waals surface area contributed by atoms with Crippen molar-refractivity contribution in [1.82, 2.24) is 14.8 Å². The fourth-order valence-electron chi connectivity index (χ4n) is 1.77. The molecule has 4 heteroatoms. The van der Waals surface area contributed by atoms with E-state index in [2.05, 4.69) is 10.1 Å². The van der Waals surface area contributed by atoms with E-state index in [0.29, 0.717) is 11.4 Å². The van der Waals surface area contributed by atoms with E-state index in [9.17, 15) is 4.79 Å². The fraction of sp³-hybridized carbons (Fsp3) is 0.308. The normalized spacial score (nSPS) is 10.6. The summed E-state index contributed by atoms with van der Waals surface area (Å²) >= 11 is 0. The molecule has 0 atom stereocenters. The van der Waals surface area contributed by atoms with Crippen molar-refractivity contribution in [2.45, 2.75) is 27.7 Å². The maximum Gasteiger partial charge on any atom is 0.164 e. The molecule has 0 aromatic carbocycles. The van der Waals surface area contributed by atoms with Crippen molar-refractivity contribution in [1.29, 1.82) is 0 Å². The zero-order valence-electron chi connectivity index (χ0n) is 10.5. The third-order valence-corrected chi connectivity index (χ3v) is 3.02. The topological polar surface area (TPSA) is 47.8 Å². The number of rotatable bonds is 2. The summed E-state index contributed by atoms with van der Waals surface area (Å²) in [7, 11) is 0. The maximum atomic E-state index is 11.6. The number of carbonyl (C=O) groups excluding carboxylic acids is 1. The highest BCUT2D eigenvalue weighted by atomic mass is 16.1. The molecule has 0 bridgehead atoms. The van der Waals surface area contributed by atoms with E-state index < -0.39 is 0 Å². The lowest BCUT2D eigenvalue weighted by atomic mass is 10.2. The molecule has 0 aliphatic heterocycles. The van der Waals surface area contributed by atoms with Gasteiger partial charge in [0.1, 0.15) is 0 Å². The van der Waals surface area contributed by atoms with Gasteiger partial charge < -0.3 is 0 Å². The third-order valence-electron chi connectivity index (χ3n) is 3.02. The number of carbonyl (C=O) groups is 1. The van der Waals surface area contributed by atoms with Gasteiger partial charge in [-0.1, -0.05) is 0 Å². The molecule has 0 N–H and O–H groups in total. The summed E-state index contributed by atoms with van der Waals surface area (Å²) < 4.78 is 1.74. The van der Waals surface area contributed by atoms with Gasteiger partial charge in [-0.25, -0.2) is 9.67 Å². The van der Waals surface area contributed by atoms with E-state index >= 15 is 0 Å². The SMILES string of the molecule is CC(=O)c1cccnc1-n1nc(C)c(C)c1C. The van der Waals surface area contributed by atoms with Crippen molar-refractivity contribution < 1.29 is 4.79 Å². The van der Waals surface area contributed by atoms with Gasteiger partial charge in [0, 0.05) is 11.9 Å². The van der Waals surface area contributed by atoms with Crippen LogP contribution in [0.15, 0.2) is 18.3 Å². The van der Waals surface area contributed by atoms with Gasteiger partial charge in [-0.3, -0.25) is 4.79 Å².